The lowest BCUT2D eigenvalue weighted by Gasteiger charge is -2.39. The van der Waals surface area contributed by atoms with E-state index >= 15 is 0 Å². The summed E-state index contributed by atoms with van der Waals surface area (Å²) < 4.78 is 15.6. The van der Waals surface area contributed by atoms with Crippen LogP contribution in [-0.4, -0.2) is 63.0 Å². The summed E-state index contributed by atoms with van der Waals surface area (Å²) in [4.78, 5) is 13.4. The summed E-state index contributed by atoms with van der Waals surface area (Å²) in [5.41, 5.74) is -0.0423. The number of methoxy groups -OCH3 is 1. The fourth-order valence-corrected chi connectivity index (χ4v) is 2.22. The van der Waals surface area contributed by atoms with Crippen molar-refractivity contribution in [3.8, 4) is 0 Å². The number of hydrogen-bond donors (Lipinski definition) is 0. The zero-order chi connectivity index (χ0) is 13.4. The van der Waals surface area contributed by atoms with Gasteiger partial charge in [-0.2, -0.15) is 0 Å². The predicted molar refractivity (Wildman–Crippen MR) is 68.5 cm³/mol. The van der Waals surface area contributed by atoms with Crippen molar-refractivity contribution >= 4 is 5.97 Å². The van der Waals surface area contributed by atoms with Gasteiger partial charge in [-0.25, -0.2) is 4.79 Å². The van der Waals surface area contributed by atoms with Gasteiger partial charge in [-0.05, 0) is 33.2 Å². The largest absolute Gasteiger partial charge is 0.464 e. The fourth-order valence-electron chi connectivity index (χ4n) is 2.22. The molecule has 1 saturated heterocycles. The van der Waals surface area contributed by atoms with Gasteiger partial charge in [-0.3, -0.25) is 4.90 Å². The Morgan fingerprint density at radius 2 is 2.22 bits per heavy atom. The van der Waals surface area contributed by atoms with Gasteiger partial charge >= 0.3 is 5.97 Å². The van der Waals surface area contributed by atoms with Crippen molar-refractivity contribution in [1.82, 2.24) is 4.90 Å². The highest BCUT2D eigenvalue weighted by Crippen LogP contribution is 2.23. The van der Waals surface area contributed by atoms with Gasteiger partial charge in [0.15, 0.2) is 0 Å². The van der Waals surface area contributed by atoms with Crippen molar-refractivity contribution in [1.29, 1.82) is 0 Å². The highest BCUT2D eigenvalue weighted by atomic mass is 16.6. The van der Waals surface area contributed by atoms with Gasteiger partial charge in [0.2, 0.25) is 0 Å². The first-order chi connectivity index (χ1) is 8.59. The molecule has 5 nitrogen and oxygen atoms in total. The molecule has 106 valence electrons. The zero-order valence-electron chi connectivity index (χ0n) is 11.7. The van der Waals surface area contributed by atoms with E-state index in [9.17, 15) is 4.79 Å². The van der Waals surface area contributed by atoms with Crippen LogP contribution in [0.4, 0.5) is 0 Å². The molecule has 1 heterocycles. The predicted octanol–water partition coefficient (Wildman–Crippen LogP) is 1.07. The van der Waals surface area contributed by atoms with Crippen molar-refractivity contribution in [2.24, 2.45) is 0 Å². The number of nitrogens with zero attached hydrogens (tertiary/aromatic N) is 1. The number of likely N-dealkylation sites (tertiary alicyclic amines) is 1. The Labute approximate surface area is 109 Å². The summed E-state index contributed by atoms with van der Waals surface area (Å²) in [6.07, 6.45) is 2.24. The monoisotopic (exact) mass is 259 g/mol. The van der Waals surface area contributed by atoms with E-state index in [4.69, 9.17) is 14.2 Å². The number of carbonyl (C=O) groups is 1. The van der Waals surface area contributed by atoms with Gasteiger partial charge < -0.3 is 14.2 Å². The second kappa shape index (κ2) is 7.71. The number of hydrogen-bond acceptors (Lipinski definition) is 5. The van der Waals surface area contributed by atoms with Crippen LogP contribution in [0.2, 0.25) is 0 Å². The molecule has 0 spiro atoms. The summed E-state index contributed by atoms with van der Waals surface area (Å²) in [5.74, 6) is -0.294. The summed E-state index contributed by atoms with van der Waals surface area (Å²) in [6.45, 7) is 7.75. The molecule has 0 aromatic carbocycles. The quantitative estimate of drug-likeness (QED) is 0.505. The third-order valence-electron chi connectivity index (χ3n) is 3.31. The van der Waals surface area contributed by atoms with Crippen LogP contribution in [0.15, 0.2) is 0 Å². The highest BCUT2D eigenvalue weighted by Gasteiger charge is 2.30. The first-order valence-electron chi connectivity index (χ1n) is 6.60. The SMILES string of the molecule is CCOC(=O)COCCN1CCCC(C)(OC)C1. The van der Waals surface area contributed by atoms with E-state index in [2.05, 4.69) is 11.8 Å². The maximum Gasteiger partial charge on any atom is 0.332 e. The average molecular weight is 259 g/mol. The van der Waals surface area contributed by atoms with Crippen LogP contribution in [0.5, 0.6) is 0 Å². The molecule has 1 fully saturated rings. The molecular weight excluding hydrogens is 234 g/mol. The molecule has 0 aliphatic carbocycles. The highest BCUT2D eigenvalue weighted by molar-refractivity contribution is 5.70. The molecule has 1 unspecified atom stereocenters. The number of rotatable bonds is 7. The van der Waals surface area contributed by atoms with Crippen molar-refractivity contribution < 1.29 is 19.0 Å². The topological polar surface area (TPSA) is 48.0 Å². The van der Waals surface area contributed by atoms with Crippen molar-refractivity contribution in [2.45, 2.75) is 32.3 Å². The van der Waals surface area contributed by atoms with E-state index in [1.807, 2.05) is 0 Å². The molecule has 1 atom stereocenters. The van der Waals surface area contributed by atoms with E-state index in [-0.39, 0.29) is 18.2 Å². The van der Waals surface area contributed by atoms with Gasteiger partial charge in [-0.15, -0.1) is 0 Å². The second-order valence-corrected chi connectivity index (χ2v) is 4.89. The Balaban J connectivity index is 2.14. The smallest absolute Gasteiger partial charge is 0.332 e. The lowest BCUT2D eigenvalue weighted by atomic mass is 9.95. The molecule has 1 aliphatic heterocycles. The standard InChI is InChI=1S/C13H25NO4/c1-4-18-12(15)10-17-9-8-14-7-5-6-13(2,11-14)16-3/h4-11H2,1-3H3. The lowest BCUT2D eigenvalue weighted by molar-refractivity contribution is -0.148. The van der Waals surface area contributed by atoms with Crippen LogP contribution in [0.25, 0.3) is 0 Å². The number of ether oxygens (including phenoxy) is 3. The minimum Gasteiger partial charge on any atom is -0.464 e. The van der Waals surface area contributed by atoms with Crippen LogP contribution >= 0.6 is 0 Å². The van der Waals surface area contributed by atoms with Crippen molar-refractivity contribution in [3.05, 3.63) is 0 Å². The third kappa shape index (κ3) is 5.33. The summed E-state index contributed by atoms with van der Waals surface area (Å²) in [6, 6.07) is 0. The lowest BCUT2D eigenvalue weighted by Crippen LogP contribution is -2.48. The van der Waals surface area contributed by atoms with Gasteiger partial charge in [0.25, 0.3) is 0 Å². The summed E-state index contributed by atoms with van der Waals surface area (Å²) >= 11 is 0. The normalized spacial score (nSPS) is 25.1. The number of esters is 1. The number of carbonyl (C=O) groups excluding carboxylic acids is 1. The minimum absolute atomic E-state index is 0.0423. The number of piperidine rings is 1. The van der Waals surface area contributed by atoms with Crippen LogP contribution in [-0.2, 0) is 19.0 Å². The van der Waals surface area contributed by atoms with E-state index in [0.29, 0.717) is 13.2 Å². The molecule has 5 heteroatoms. The van der Waals surface area contributed by atoms with E-state index < -0.39 is 0 Å². The van der Waals surface area contributed by atoms with Crippen molar-refractivity contribution in [3.63, 3.8) is 0 Å². The van der Waals surface area contributed by atoms with Crippen LogP contribution < -0.4 is 0 Å². The summed E-state index contributed by atoms with van der Waals surface area (Å²) in [5, 5.41) is 0. The Morgan fingerprint density at radius 3 is 2.89 bits per heavy atom. The molecule has 0 bridgehead atoms. The molecule has 18 heavy (non-hydrogen) atoms. The Bertz CT molecular complexity index is 259. The second-order valence-electron chi connectivity index (χ2n) is 4.89. The Morgan fingerprint density at radius 1 is 1.44 bits per heavy atom. The van der Waals surface area contributed by atoms with Gasteiger partial charge in [0.05, 0.1) is 18.8 Å². The maximum atomic E-state index is 11.1. The molecule has 0 radical (unpaired) electrons. The summed E-state index contributed by atoms with van der Waals surface area (Å²) in [7, 11) is 1.76. The Hall–Kier alpha value is -0.650. The zero-order valence-corrected chi connectivity index (χ0v) is 11.7. The first kappa shape index (κ1) is 15.4. The van der Waals surface area contributed by atoms with E-state index in [0.717, 1.165) is 32.5 Å². The van der Waals surface area contributed by atoms with E-state index in [1.54, 1.807) is 14.0 Å². The third-order valence-corrected chi connectivity index (χ3v) is 3.31. The molecule has 0 amide bonds. The molecule has 1 aliphatic rings. The average Bonchev–Trinajstić information content (AvgIpc) is 2.35. The molecule has 0 aromatic heterocycles. The minimum atomic E-state index is -0.294. The fraction of sp³-hybridized carbons (Fsp3) is 0.923. The molecule has 1 rings (SSSR count). The van der Waals surface area contributed by atoms with Gasteiger partial charge in [0, 0.05) is 20.2 Å². The van der Waals surface area contributed by atoms with Crippen LogP contribution in [0, 0.1) is 0 Å². The maximum absolute atomic E-state index is 11.1. The van der Waals surface area contributed by atoms with Crippen LogP contribution in [0.3, 0.4) is 0 Å². The first-order valence-corrected chi connectivity index (χ1v) is 6.60. The molecule has 0 aromatic rings. The molecule has 0 N–H and O–H groups in total. The van der Waals surface area contributed by atoms with Gasteiger partial charge in [0.1, 0.15) is 6.61 Å². The van der Waals surface area contributed by atoms with Crippen molar-refractivity contribution in [2.75, 3.05) is 46.6 Å². The van der Waals surface area contributed by atoms with Crippen LogP contribution in [0.1, 0.15) is 26.7 Å². The Kier molecular flexibility index (Phi) is 6.60. The van der Waals surface area contributed by atoms with E-state index in [1.165, 1.54) is 0 Å². The molecular formula is C13H25NO4. The van der Waals surface area contributed by atoms with Gasteiger partial charge in [-0.1, -0.05) is 0 Å². The molecule has 0 saturated carbocycles.